The van der Waals surface area contributed by atoms with Crippen molar-refractivity contribution in [3.8, 4) is 5.88 Å². The third kappa shape index (κ3) is 4.71. The molecule has 1 aromatic heterocycles. The van der Waals surface area contributed by atoms with E-state index in [0.717, 1.165) is 18.5 Å². The van der Waals surface area contributed by atoms with Crippen molar-refractivity contribution in [2.75, 3.05) is 19.8 Å². The van der Waals surface area contributed by atoms with Gasteiger partial charge >= 0.3 is 5.97 Å². The lowest BCUT2D eigenvalue weighted by atomic mass is 10.1. The maximum atomic E-state index is 11.0. The van der Waals surface area contributed by atoms with Crippen LogP contribution >= 0.6 is 0 Å². The number of nitrogens with zero attached hydrogens (tertiary/aromatic N) is 1. The Morgan fingerprint density at radius 1 is 1.33 bits per heavy atom. The minimum absolute atomic E-state index is 0.208. The summed E-state index contributed by atoms with van der Waals surface area (Å²) in [6.45, 7) is 5.40. The van der Waals surface area contributed by atoms with Crippen molar-refractivity contribution in [2.24, 2.45) is 0 Å². The molecule has 1 rings (SSSR count). The molecule has 5 nitrogen and oxygen atoms in total. The van der Waals surface area contributed by atoms with Crippen LogP contribution in [0.25, 0.3) is 0 Å². The standard InChI is InChI=1S/C13H19NO4/c1-3-5-11-8-10(13(15)16)9-12(14-11)18-7-6-17-4-2/h8-9H,3-7H2,1-2H3,(H,15,16). The fourth-order valence-corrected chi connectivity index (χ4v) is 1.49. The van der Waals surface area contributed by atoms with E-state index in [0.29, 0.717) is 25.7 Å². The minimum atomic E-state index is -0.968. The lowest BCUT2D eigenvalue weighted by Gasteiger charge is -2.08. The smallest absolute Gasteiger partial charge is 0.335 e. The SMILES string of the molecule is CCCc1cc(C(=O)O)cc(OCCOCC)n1. The second-order valence-corrected chi connectivity index (χ2v) is 3.79. The Morgan fingerprint density at radius 2 is 2.11 bits per heavy atom. The molecule has 0 atom stereocenters. The van der Waals surface area contributed by atoms with Gasteiger partial charge < -0.3 is 14.6 Å². The van der Waals surface area contributed by atoms with Crippen molar-refractivity contribution in [3.05, 3.63) is 23.4 Å². The van der Waals surface area contributed by atoms with E-state index in [4.69, 9.17) is 14.6 Å². The molecule has 0 aliphatic carbocycles. The topological polar surface area (TPSA) is 68.7 Å². The fourth-order valence-electron chi connectivity index (χ4n) is 1.49. The molecule has 0 aliphatic heterocycles. The van der Waals surface area contributed by atoms with E-state index >= 15 is 0 Å². The average molecular weight is 253 g/mol. The first-order chi connectivity index (χ1) is 8.67. The highest BCUT2D eigenvalue weighted by atomic mass is 16.5. The molecule has 1 aromatic rings. The highest BCUT2D eigenvalue weighted by molar-refractivity contribution is 5.88. The summed E-state index contributed by atoms with van der Waals surface area (Å²) in [6, 6.07) is 3.02. The Bertz CT molecular complexity index is 393. The number of pyridine rings is 1. The van der Waals surface area contributed by atoms with Gasteiger partial charge in [0.15, 0.2) is 0 Å². The van der Waals surface area contributed by atoms with Gasteiger partial charge in [0.05, 0.1) is 12.2 Å². The number of ether oxygens (including phenoxy) is 2. The molecular formula is C13H19NO4. The summed E-state index contributed by atoms with van der Waals surface area (Å²) in [4.78, 5) is 15.2. The van der Waals surface area contributed by atoms with Crippen molar-refractivity contribution < 1.29 is 19.4 Å². The number of rotatable bonds is 8. The zero-order valence-corrected chi connectivity index (χ0v) is 10.8. The number of hydrogen-bond donors (Lipinski definition) is 1. The lowest BCUT2D eigenvalue weighted by Crippen LogP contribution is -2.09. The number of aromatic carboxylic acids is 1. The molecule has 5 heteroatoms. The molecule has 0 amide bonds. The van der Waals surface area contributed by atoms with Crippen LogP contribution in [0.1, 0.15) is 36.3 Å². The maximum absolute atomic E-state index is 11.0. The Balaban J connectivity index is 2.72. The van der Waals surface area contributed by atoms with Gasteiger partial charge in [-0.2, -0.15) is 0 Å². The second-order valence-electron chi connectivity index (χ2n) is 3.79. The summed E-state index contributed by atoms with van der Waals surface area (Å²) < 4.78 is 10.5. The first kappa shape index (κ1) is 14.4. The predicted octanol–water partition coefficient (Wildman–Crippen LogP) is 2.15. The van der Waals surface area contributed by atoms with Gasteiger partial charge in [-0.15, -0.1) is 0 Å². The van der Waals surface area contributed by atoms with E-state index in [1.54, 1.807) is 6.07 Å². The van der Waals surface area contributed by atoms with E-state index in [9.17, 15) is 4.79 Å². The zero-order chi connectivity index (χ0) is 13.4. The molecule has 1 N–H and O–H groups in total. The van der Waals surface area contributed by atoms with Gasteiger partial charge in [-0.1, -0.05) is 13.3 Å². The van der Waals surface area contributed by atoms with Crippen molar-refractivity contribution in [1.29, 1.82) is 0 Å². The van der Waals surface area contributed by atoms with Crippen LogP contribution < -0.4 is 4.74 Å². The molecule has 100 valence electrons. The van der Waals surface area contributed by atoms with Crippen LogP contribution in [-0.4, -0.2) is 35.9 Å². The lowest BCUT2D eigenvalue weighted by molar-refractivity contribution is 0.0695. The highest BCUT2D eigenvalue weighted by Gasteiger charge is 2.09. The summed E-state index contributed by atoms with van der Waals surface area (Å²) in [7, 11) is 0. The molecule has 1 heterocycles. The molecule has 0 saturated carbocycles. The summed E-state index contributed by atoms with van der Waals surface area (Å²) in [6.07, 6.45) is 1.65. The van der Waals surface area contributed by atoms with Gasteiger partial charge in [0.2, 0.25) is 5.88 Å². The Kier molecular flexibility index (Phi) is 6.14. The molecule has 18 heavy (non-hydrogen) atoms. The first-order valence-electron chi connectivity index (χ1n) is 6.12. The van der Waals surface area contributed by atoms with Crippen molar-refractivity contribution >= 4 is 5.97 Å². The molecule has 0 unspecified atom stereocenters. The molecule has 0 radical (unpaired) electrons. The van der Waals surface area contributed by atoms with Gasteiger partial charge in [0, 0.05) is 18.4 Å². The van der Waals surface area contributed by atoms with E-state index in [-0.39, 0.29) is 5.56 Å². The molecule has 0 saturated heterocycles. The number of hydrogen-bond acceptors (Lipinski definition) is 4. The zero-order valence-electron chi connectivity index (χ0n) is 10.8. The van der Waals surface area contributed by atoms with Crippen LogP contribution in [0, 0.1) is 0 Å². The summed E-state index contributed by atoms with van der Waals surface area (Å²) >= 11 is 0. The molecule has 0 bridgehead atoms. The molecular weight excluding hydrogens is 234 g/mol. The average Bonchev–Trinajstić information content (AvgIpc) is 2.35. The van der Waals surface area contributed by atoms with Gasteiger partial charge in [-0.25, -0.2) is 9.78 Å². The Labute approximate surface area is 107 Å². The van der Waals surface area contributed by atoms with Crippen LogP contribution in [0.3, 0.4) is 0 Å². The third-order valence-electron chi connectivity index (χ3n) is 2.29. The number of carboxylic acid groups (broad SMARTS) is 1. The summed E-state index contributed by atoms with van der Waals surface area (Å²) in [5.41, 5.74) is 0.948. The largest absolute Gasteiger partial charge is 0.478 e. The van der Waals surface area contributed by atoms with Crippen LogP contribution in [0.4, 0.5) is 0 Å². The first-order valence-corrected chi connectivity index (χ1v) is 6.12. The molecule has 0 fully saturated rings. The van der Waals surface area contributed by atoms with Crippen LogP contribution in [0.15, 0.2) is 12.1 Å². The fraction of sp³-hybridized carbons (Fsp3) is 0.538. The van der Waals surface area contributed by atoms with E-state index in [2.05, 4.69) is 4.98 Å². The van der Waals surface area contributed by atoms with Crippen molar-refractivity contribution in [1.82, 2.24) is 4.98 Å². The third-order valence-corrected chi connectivity index (χ3v) is 2.29. The van der Waals surface area contributed by atoms with Crippen LogP contribution in [0.2, 0.25) is 0 Å². The number of carboxylic acids is 1. The number of aromatic nitrogens is 1. The van der Waals surface area contributed by atoms with Gasteiger partial charge in [0.25, 0.3) is 0 Å². The van der Waals surface area contributed by atoms with E-state index < -0.39 is 5.97 Å². The van der Waals surface area contributed by atoms with Crippen molar-refractivity contribution in [2.45, 2.75) is 26.7 Å². The predicted molar refractivity (Wildman–Crippen MR) is 67.2 cm³/mol. The number of carbonyl (C=O) groups is 1. The van der Waals surface area contributed by atoms with Gasteiger partial charge in [-0.05, 0) is 19.4 Å². The Hall–Kier alpha value is -1.62. The summed E-state index contributed by atoms with van der Waals surface area (Å²) in [5, 5.41) is 9.00. The minimum Gasteiger partial charge on any atom is -0.478 e. The molecule has 0 spiro atoms. The highest BCUT2D eigenvalue weighted by Crippen LogP contribution is 2.14. The maximum Gasteiger partial charge on any atom is 0.335 e. The second kappa shape index (κ2) is 7.66. The van der Waals surface area contributed by atoms with Crippen LogP contribution in [-0.2, 0) is 11.2 Å². The monoisotopic (exact) mass is 253 g/mol. The van der Waals surface area contributed by atoms with Crippen LogP contribution in [0.5, 0.6) is 5.88 Å². The molecule has 0 aromatic carbocycles. The Morgan fingerprint density at radius 3 is 2.72 bits per heavy atom. The van der Waals surface area contributed by atoms with E-state index in [1.165, 1.54) is 6.07 Å². The normalized spacial score (nSPS) is 10.3. The summed E-state index contributed by atoms with van der Waals surface area (Å²) in [5.74, 6) is -0.623. The molecule has 0 aliphatic rings. The number of aryl methyl sites for hydroxylation is 1. The van der Waals surface area contributed by atoms with Crippen molar-refractivity contribution in [3.63, 3.8) is 0 Å². The van der Waals surface area contributed by atoms with E-state index in [1.807, 2.05) is 13.8 Å². The van der Waals surface area contributed by atoms with Gasteiger partial charge in [-0.3, -0.25) is 0 Å². The van der Waals surface area contributed by atoms with Gasteiger partial charge in [0.1, 0.15) is 6.61 Å². The quantitative estimate of drug-likeness (QED) is 0.719.